The third-order valence-corrected chi connectivity index (χ3v) is 1.49. The minimum atomic E-state index is 0. The molecule has 13 heavy (non-hydrogen) atoms. The number of aliphatic imine (C=N–C) groups is 1. The van der Waals surface area contributed by atoms with E-state index in [1.54, 1.807) is 12.3 Å². The average molecular weight is 195 g/mol. The van der Waals surface area contributed by atoms with Crippen LogP contribution in [0.4, 0.5) is 0 Å². The van der Waals surface area contributed by atoms with Crippen molar-refractivity contribution < 1.29 is 51.4 Å². The van der Waals surface area contributed by atoms with Gasteiger partial charge in [0.15, 0.2) is 0 Å². The smallest absolute Gasteiger partial charge is 0.273 e. The topological polar surface area (TPSA) is 12.4 Å². The van der Waals surface area contributed by atoms with Crippen LogP contribution in [0.25, 0.3) is 5.57 Å². The van der Waals surface area contributed by atoms with Gasteiger partial charge in [-0.15, -0.1) is 5.56 Å². The molecule has 1 nitrogen and oxygen atoms in total. The Kier molecular flexibility index (Phi) is 7.42. The summed E-state index contributed by atoms with van der Waals surface area (Å²) < 4.78 is 0. The van der Waals surface area contributed by atoms with Crippen LogP contribution in [0.15, 0.2) is 48.1 Å². The summed E-state index contributed by atoms with van der Waals surface area (Å²) in [5.74, 6) is 0. The van der Waals surface area contributed by atoms with Crippen molar-refractivity contribution in [1.82, 2.24) is 0 Å². The van der Waals surface area contributed by atoms with Crippen molar-refractivity contribution >= 4 is 12.3 Å². The third-order valence-electron chi connectivity index (χ3n) is 1.49. The number of hydrogen-bond donors (Lipinski definition) is 0. The van der Waals surface area contributed by atoms with Crippen molar-refractivity contribution in [2.75, 3.05) is 0 Å². The molecule has 2 heteroatoms. The first-order valence-corrected chi connectivity index (χ1v) is 3.63. The first kappa shape index (κ1) is 13.0. The van der Waals surface area contributed by atoms with Gasteiger partial charge in [0.25, 0.3) is 0 Å². The number of nitrogens with zero attached hydrogens (tertiary/aromatic N) is 1. The molecule has 0 spiro atoms. The zero-order valence-electron chi connectivity index (χ0n) is 7.83. The van der Waals surface area contributed by atoms with Gasteiger partial charge in [-0.05, 0) is 6.72 Å². The maximum Gasteiger partial charge on any atom is 1.00 e. The number of allylic oxidation sites excluding steroid dienone is 2. The Balaban J connectivity index is 0.00000144. The van der Waals surface area contributed by atoms with Crippen LogP contribution < -0.4 is 51.4 Å². The maximum absolute atomic E-state index is 3.69. The van der Waals surface area contributed by atoms with Crippen molar-refractivity contribution in [2.24, 2.45) is 4.99 Å². The molecule has 60 valence electrons. The summed E-state index contributed by atoms with van der Waals surface area (Å²) in [5.41, 5.74) is 2.02. The molecule has 0 unspecified atom stereocenters. The van der Waals surface area contributed by atoms with Gasteiger partial charge in [0.1, 0.15) is 0 Å². The molecule has 0 bridgehead atoms. The summed E-state index contributed by atoms with van der Waals surface area (Å²) in [4.78, 5) is 3.69. The predicted molar refractivity (Wildman–Crippen MR) is 53.0 cm³/mol. The molecule has 0 fully saturated rings. The second kappa shape index (κ2) is 7.41. The Bertz CT molecular complexity index is 301. The van der Waals surface area contributed by atoms with Gasteiger partial charge in [0, 0.05) is 6.20 Å². The molecule has 0 aromatic heterocycles. The molecule has 0 saturated heterocycles. The van der Waals surface area contributed by atoms with Crippen LogP contribution in [-0.4, -0.2) is 6.72 Å². The standard InChI is InChI=1S/C11H10N.K/c1-3-10(9-12-2)11-7-5-4-6-8-11;/h3-5,7-9H,1-2H2;/q-1;+1/b10-9+;. The fourth-order valence-electron chi connectivity index (χ4n) is 0.916. The normalized spacial score (nSPS) is 10.0. The quantitative estimate of drug-likeness (QED) is 0.272. The van der Waals surface area contributed by atoms with Crippen LogP contribution in [0.5, 0.6) is 0 Å². The third kappa shape index (κ3) is 4.16. The molecular formula is C11H10KN. The van der Waals surface area contributed by atoms with Crippen LogP contribution in [0.1, 0.15) is 5.56 Å². The van der Waals surface area contributed by atoms with Gasteiger partial charge >= 0.3 is 51.4 Å². The van der Waals surface area contributed by atoms with E-state index in [4.69, 9.17) is 0 Å². The molecule has 0 aliphatic carbocycles. The van der Waals surface area contributed by atoms with Crippen molar-refractivity contribution in [3.05, 3.63) is 54.8 Å². The van der Waals surface area contributed by atoms with E-state index in [9.17, 15) is 0 Å². The van der Waals surface area contributed by atoms with E-state index < -0.39 is 0 Å². The zero-order valence-corrected chi connectivity index (χ0v) is 10.9. The molecule has 1 aromatic carbocycles. The van der Waals surface area contributed by atoms with Gasteiger partial charge < -0.3 is 0 Å². The van der Waals surface area contributed by atoms with Crippen molar-refractivity contribution in [2.45, 2.75) is 0 Å². The Morgan fingerprint density at radius 2 is 2.31 bits per heavy atom. The predicted octanol–water partition coefficient (Wildman–Crippen LogP) is -0.282. The molecule has 0 amide bonds. The zero-order chi connectivity index (χ0) is 8.81. The summed E-state index contributed by atoms with van der Waals surface area (Å²) in [7, 11) is 0. The van der Waals surface area contributed by atoms with Crippen LogP contribution >= 0.6 is 0 Å². The molecule has 0 atom stereocenters. The minimum Gasteiger partial charge on any atom is -0.273 e. The van der Waals surface area contributed by atoms with Crippen LogP contribution in [0.3, 0.4) is 0 Å². The molecule has 0 aliphatic heterocycles. The van der Waals surface area contributed by atoms with E-state index in [2.05, 4.69) is 24.4 Å². The summed E-state index contributed by atoms with van der Waals surface area (Å²) >= 11 is 0. The first-order valence-electron chi connectivity index (χ1n) is 3.63. The summed E-state index contributed by atoms with van der Waals surface area (Å²) in [6.07, 6.45) is 3.42. The van der Waals surface area contributed by atoms with Gasteiger partial charge in [-0.1, -0.05) is 18.2 Å². The van der Waals surface area contributed by atoms with Crippen LogP contribution in [0, 0.1) is 6.07 Å². The summed E-state index contributed by atoms with van der Waals surface area (Å²) in [6, 6.07) is 10.6. The average Bonchev–Trinajstić information content (AvgIpc) is 2.15. The fourth-order valence-corrected chi connectivity index (χ4v) is 0.916. The van der Waals surface area contributed by atoms with E-state index >= 15 is 0 Å². The molecule has 0 radical (unpaired) electrons. The largest absolute Gasteiger partial charge is 1.00 e. The summed E-state index contributed by atoms with van der Waals surface area (Å²) in [5, 5.41) is 0. The van der Waals surface area contributed by atoms with Gasteiger partial charge in [-0.25, -0.2) is 0 Å². The van der Waals surface area contributed by atoms with Gasteiger partial charge in [-0.2, -0.15) is 30.3 Å². The SMILES string of the molecule is C=C/C(=C\N=C)c1c[c-]ccc1.[K+]. The molecule has 0 aliphatic rings. The van der Waals surface area contributed by atoms with E-state index in [1.807, 2.05) is 24.3 Å². The molecular weight excluding hydrogens is 185 g/mol. The van der Waals surface area contributed by atoms with Gasteiger partial charge in [0.2, 0.25) is 0 Å². The minimum absolute atomic E-state index is 0. The van der Waals surface area contributed by atoms with E-state index in [0.717, 1.165) is 11.1 Å². The maximum atomic E-state index is 3.69. The second-order valence-corrected chi connectivity index (χ2v) is 2.26. The van der Waals surface area contributed by atoms with Crippen LogP contribution in [0.2, 0.25) is 0 Å². The van der Waals surface area contributed by atoms with E-state index in [0.29, 0.717) is 0 Å². The first-order chi connectivity index (χ1) is 5.88. The van der Waals surface area contributed by atoms with E-state index in [-0.39, 0.29) is 51.4 Å². The monoisotopic (exact) mass is 195 g/mol. The van der Waals surface area contributed by atoms with Crippen molar-refractivity contribution in [1.29, 1.82) is 0 Å². The molecule has 1 rings (SSSR count). The molecule has 0 saturated carbocycles. The Hall–Kier alpha value is 0.00636. The Morgan fingerprint density at radius 1 is 1.54 bits per heavy atom. The van der Waals surface area contributed by atoms with Gasteiger partial charge in [-0.3, -0.25) is 4.99 Å². The Morgan fingerprint density at radius 3 is 2.77 bits per heavy atom. The number of benzene rings is 1. The second-order valence-electron chi connectivity index (χ2n) is 2.26. The van der Waals surface area contributed by atoms with Gasteiger partial charge in [0.05, 0.1) is 0 Å². The summed E-state index contributed by atoms with van der Waals surface area (Å²) in [6.45, 7) is 7.08. The van der Waals surface area contributed by atoms with E-state index in [1.165, 1.54) is 0 Å². The molecule has 0 heterocycles. The fraction of sp³-hybridized carbons (Fsp3) is 0. The number of rotatable bonds is 3. The van der Waals surface area contributed by atoms with Crippen LogP contribution in [-0.2, 0) is 0 Å². The Labute approximate surface area is 122 Å². The van der Waals surface area contributed by atoms with Crippen molar-refractivity contribution in [3.63, 3.8) is 0 Å². The molecule has 1 aromatic rings. The van der Waals surface area contributed by atoms with Crippen molar-refractivity contribution in [3.8, 4) is 0 Å². The molecule has 0 N–H and O–H groups in total. The number of hydrogen-bond acceptors (Lipinski definition) is 1.